The summed E-state index contributed by atoms with van der Waals surface area (Å²) in [4.78, 5) is 12.5. The molecule has 0 bridgehead atoms. The lowest BCUT2D eigenvalue weighted by Crippen LogP contribution is -2.17. The molecule has 9 nitrogen and oxygen atoms in total. The molecule has 1 N–H and O–H groups in total. The summed E-state index contributed by atoms with van der Waals surface area (Å²) >= 11 is 4.54. The Kier molecular flexibility index (Phi) is 13.7. The van der Waals surface area contributed by atoms with Crippen molar-refractivity contribution in [3.05, 3.63) is 111 Å². The van der Waals surface area contributed by atoms with Crippen LogP contribution >= 0.6 is 27.3 Å². The van der Waals surface area contributed by atoms with E-state index in [2.05, 4.69) is 35.7 Å². The molecule has 0 spiro atoms. The Morgan fingerprint density at radius 3 is 1.69 bits per heavy atom. The second-order valence-corrected chi connectivity index (χ2v) is 15.1. The highest BCUT2D eigenvalue weighted by Gasteiger charge is 2.34. The van der Waals surface area contributed by atoms with Gasteiger partial charge in [0, 0.05) is 38.7 Å². The number of nitrogens with zero attached hydrogens (tertiary/aromatic N) is 2. The Bertz CT molecular complexity index is 2370. The molecule has 0 saturated heterocycles. The maximum atomic E-state index is 13.0. The van der Waals surface area contributed by atoms with Crippen LogP contribution in [0.25, 0.3) is 33.0 Å². The van der Waals surface area contributed by atoms with E-state index in [0.717, 1.165) is 27.1 Å². The summed E-state index contributed by atoms with van der Waals surface area (Å²) in [6.45, 7) is 11.4. The molecule has 6 rings (SSSR count). The van der Waals surface area contributed by atoms with Gasteiger partial charge in [0.1, 0.15) is 51.6 Å². The van der Waals surface area contributed by atoms with Crippen molar-refractivity contribution in [2.24, 2.45) is 0 Å². The van der Waals surface area contributed by atoms with Crippen molar-refractivity contribution in [3.63, 3.8) is 0 Å². The summed E-state index contributed by atoms with van der Waals surface area (Å²) in [5.74, 6) is 0.0202. The lowest BCUT2D eigenvalue weighted by molar-refractivity contribution is -0.275. The van der Waals surface area contributed by atoms with Gasteiger partial charge >= 0.3 is 18.7 Å². The molecule has 308 valence electrons. The number of benzene rings is 3. The first-order chi connectivity index (χ1) is 27.3. The Morgan fingerprint density at radius 1 is 0.741 bits per heavy atom. The van der Waals surface area contributed by atoms with Crippen molar-refractivity contribution >= 4 is 33.2 Å². The number of carboxylic acids is 1. The molecule has 3 aromatic carbocycles. The number of para-hydroxylation sites is 2. The number of ether oxygens (including phenoxy) is 3. The van der Waals surface area contributed by atoms with Crippen LogP contribution in [0.4, 0.5) is 26.3 Å². The number of alkyl halides is 7. The van der Waals surface area contributed by atoms with Crippen molar-refractivity contribution in [1.82, 2.24) is 10.3 Å². The SMILES string of the molecule is CC(C)c1onc(-c2ccccc2OC(F)(F)F)c1CBr.Cc1cc(OCc2c(-c3ccccc3OC(F)(F)F)noc2C(C)C)ccc1-c1sc(C(=O)O)cc1C. The van der Waals surface area contributed by atoms with Gasteiger partial charge in [0.05, 0.1) is 5.56 Å². The number of aromatic carboxylic acids is 1. The first kappa shape index (κ1) is 43.8. The number of carbonyl (C=O) groups is 1. The van der Waals surface area contributed by atoms with Crippen LogP contribution in [0.5, 0.6) is 17.2 Å². The van der Waals surface area contributed by atoms with Crippen LogP contribution in [0.15, 0.2) is 81.8 Å². The molecule has 0 aliphatic heterocycles. The first-order valence-corrected chi connectivity index (χ1v) is 19.5. The standard InChI is InChI=1S/C27H24F3NO5S.C14H13BrF3NO2/c1-14(2)24-20(23(31-36-24)19-7-5-6-8-21(19)35-27(28,29)30)13-34-17-9-10-18(15(3)11-17)25-16(4)12-22(37-25)26(32)33;1-8(2)13-10(7-15)12(19-21-13)9-5-3-4-6-11(9)20-14(16,17)18/h5-12,14H,13H2,1-4H3,(H,32,33);3-6,8H,7H2,1-2H3. The Balaban J connectivity index is 0.000000258. The zero-order valence-electron chi connectivity index (χ0n) is 31.8. The molecule has 0 amide bonds. The second-order valence-electron chi connectivity index (χ2n) is 13.5. The van der Waals surface area contributed by atoms with Crippen molar-refractivity contribution in [2.75, 3.05) is 0 Å². The smallest absolute Gasteiger partial charge is 0.489 e. The van der Waals surface area contributed by atoms with Crippen LogP contribution in [0.1, 0.15) is 83.0 Å². The van der Waals surface area contributed by atoms with Crippen molar-refractivity contribution < 1.29 is 59.5 Å². The van der Waals surface area contributed by atoms with Crippen LogP contribution in [-0.2, 0) is 11.9 Å². The number of carboxylic acid groups (broad SMARTS) is 1. The molecule has 6 aromatic rings. The van der Waals surface area contributed by atoms with Crippen LogP contribution in [0.3, 0.4) is 0 Å². The van der Waals surface area contributed by atoms with E-state index in [1.54, 1.807) is 24.3 Å². The fraction of sp³-hybridized carbons (Fsp3) is 0.293. The zero-order chi connectivity index (χ0) is 42.5. The molecule has 0 radical (unpaired) electrons. The van der Waals surface area contributed by atoms with E-state index >= 15 is 0 Å². The van der Waals surface area contributed by atoms with Gasteiger partial charge < -0.3 is 28.4 Å². The minimum atomic E-state index is -4.86. The average Bonchev–Trinajstić information content (AvgIpc) is 3.87. The van der Waals surface area contributed by atoms with Crippen molar-refractivity contribution in [1.29, 1.82) is 0 Å². The monoisotopic (exact) mass is 894 g/mol. The fourth-order valence-corrected chi connectivity index (χ4v) is 7.63. The fourth-order valence-electron chi connectivity index (χ4n) is 5.99. The molecular formula is C41H37BrF6N2O7S. The zero-order valence-corrected chi connectivity index (χ0v) is 34.2. The molecule has 3 heterocycles. The van der Waals surface area contributed by atoms with E-state index in [-0.39, 0.29) is 51.6 Å². The highest BCUT2D eigenvalue weighted by atomic mass is 79.9. The summed E-state index contributed by atoms with van der Waals surface area (Å²) < 4.78 is 101. The summed E-state index contributed by atoms with van der Waals surface area (Å²) in [7, 11) is 0. The van der Waals surface area contributed by atoms with Crippen molar-refractivity contribution in [3.8, 4) is 50.2 Å². The van der Waals surface area contributed by atoms with E-state index < -0.39 is 18.7 Å². The Labute approximate surface area is 341 Å². The molecule has 0 aliphatic carbocycles. The van der Waals surface area contributed by atoms with E-state index in [1.807, 2.05) is 53.7 Å². The molecule has 0 aliphatic rings. The topological polar surface area (TPSA) is 117 Å². The molecule has 3 aromatic heterocycles. The predicted octanol–water partition coefficient (Wildman–Crippen LogP) is 13.2. The molecule has 58 heavy (non-hydrogen) atoms. The van der Waals surface area contributed by atoms with E-state index in [4.69, 9.17) is 13.8 Å². The lowest BCUT2D eigenvalue weighted by Gasteiger charge is -2.14. The van der Waals surface area contributed by atoms with Gasteiger partial charge in [-0.15, -0.1) is 37.7 Å². The minimum Gasteiger partial charge on any atom is -0.489 e. The van der Waals surface area contributed by atoms with Gasteiger partial charge in [0.15, 0.2) is 0 Å². The van der Waals surface area contributed by atoms with Crippen LogP contribution < -0.4 is 14.2 Å². The van der Waals surface area contributed by atoms with Gasteiger partial charge in [-0.3, -0.25) is 0 Å². The highest BCUT2D eigenvalue weighted by molar-refractivity contribution is 9.08. The number of aryl methyl sites for hydroxylation is 2. The number of thiophene rings is 1. The third-order valence-corrected chi connectivity index (χ3v) is 10.3. The first-order valence-electron chi connectivity index (χ1n) is 17.6. The molecule has 0 unspecified atom stereocenters. The molecule has 0 saturated carbocycles. The van der Waals surface area contributed by atoms with Gasteiger partial charge in [-0.25, -0.2) is 4.79 Å². The highest BCUT2D eigenvalue weighted by Crippen LogP contribution is 2.41. The van der Waals surface area contributed by atoms with Gasteiger partial charge in [-0.1, -0.05) is 78.2 Å². The third kappa shape index (κ3) is 10.6. The maximum absolute atomic E-state index is 13.0. The number of aromatic nitrogens is 2. The summed E-state index contributed by atoms with van der Waals surface area (Å²) in [5.41, 5.74) is 4.87. The molecule has 0 atom stereocenters. The van der Waals surface area contributed by atoms with Crippen LogP contribution in [0, 0.1) is 13.8 Å². The molecule has 17 heteroatoms. The largest absolute Gasteiger partial charge is 0.573 e. The summed E-state index contributed by atoms with van der Waals surface area (Å²) in [5, 5.41) is 17.7. The molecular weight excluding hydrogens is 858 g/mol. The summed E-state index contributed by atoms with van der Waals surface area (Å²) in [6.07, 6.45) is -9.61. The average molecular weight is 896 g/mol. The maximum Gasteiger partial charge on any atom is 0.573 e. The van der Waals surface area contributed by atoms with Gasteiger partial charge in [0.2, 0.25) is 0 Å². The normalized spacial score (nSPS) is 11.8. The number of halogens is 7. The summed E-state index contributed by atoms with van der Waals surface area (Å²) in [6, 6.07) is 18.7. The molecule has 0 fully saturated rings. The quantitative estimate of drug-likeness (QED) is 0.0946. The van der Waals surface area contributed by atoms with Crippen LogP contribution in [0.2, 0.25) is 0 Å². The number of rotatable bonds is 12. The van der Waals surface area contributed by atoms with E-state index in [9.17, 15) is 36.2 Å². The van der Waals surface area contributed by atoms with Gasteiger partial charge in [-0.05, 0) is 79.1 Å². The number of hydrogen-bond donors (Lipinski definition) is 1. The Hall–Kier alpha value is -5.29. The third-order valence-electron chi connectivity index (χ3n) is 8.51. The lowest BCUT2D eigenvalue weighted by atomic mass is 10.0. The Morgan fingerprint density at radius 2 is 1.24 bits per heavy atom. The number of hydrogen-bond acceptors (Lipinski definition) is 9. The van der Waals surface area contributed by atoms with Crippen molar-refractivity contribution in [2.45, 2.75) is 78.0 Å². The minimum absolute atomic E-state index is 0.00662. The van der Waals surface area contributed by atoms with Crippen LogP contribution in [-0.4, -0.2) is 34.1 Å². The van der Waals surface area contributed by atoms with E-state index in [1.165, 1.54) is 47.7 Å². The second kappa shape index (κ2) is 18.1. The van der Waals surface area contributed by atoms with E-state index in [0.29, 0.717) is 33.9 Å². The van der Waals surface area contributed by atoms with Gasteiger partial charge in [-0.2, -0.15) is 0 Å². The predicted molar refractivity (Wildman–Crippen MR) is 209 cm³/mol. The van der Waals surface area contributed by atoms with Gasteiger partial charge in [0.25, 0.3) is 0 Å².